The molecule has 1 aromatic heterocycles. The van der Waals surface area contributed by atoms with Gasteiger partial charge in [-0.15, -0.1) is 0 Å². The molecule has 6 heteroatoms. The summed E-state index contributed by atoms with van der Waals surface area (Å²) in [6.07, 6.45) is 6.20. The number of aliphatic hydroxyl groups is 1. The molecular weight excluding hydrogens is 246 g/mol. The van der Waals surface area contributed by atoms with Crippen molar-refractivity contribution in [2.45, 2.75) is 38.2 Å². The Balaban J connectivity index is 1.89. The van der Waals surface area contributed by atoms with Gasteiger partial charge in [-0.2, -0.15) is 0 Å². The van der Waals surface area contributed by atoms with Crippen LogP contribution in [0.25, 0.3) is 0 Å². The number of aromatic carboxylic acids is 1. The van der Waals surface area contributed by atoms with E-state index in [4.69, 9.17) is 5.11 Å². The van der Waals surface area contributed by atoms with Crippen molar-refractivity contribution in [3.05, 3.63) is 18.1 Å². The van der Waals surface area contributed by atoms with Crippen molar-refractivity contribution >= 4 is 11.8 Å². The quantitative estimate of drug-likeness (QED) is 0.764. The molecule has 0 spiro atoms. The number of carboxylic acids is 1. The number of hydrogen-bond donors (Lipinski definition) is 3. The highest BCUT2D eigenvalue weighted by Gasteiger charge is 2.31. The van der Waals surface area contributed by atoms with Crippen LogP contribution in [0.3, 0.4) is 0 Å². The summed E-state index contributed by atoms with van der Waals surface area (Å²) in [6, 6.07) is 0. The van der Waals surface area contributed by atoms with Gasteiger partial charge in [0.05, 0.1) is 18.0 Å². The van der Waals surface area contributed by atoms with Crippen molar-refractivity contribution < 1.29 is 15.0 Å². The van der Waals surface area contributed by atoms with Gasteiger partial charge in [0.25, 0.3) is 0 Å². The van der Waals surface area contributed by atoms with E-state index < -0.39 is 11.6 Å². The summed E-state index contributed by atoms with van der Waals surface area (Å²) >= 11 is 0. The molecule has 1 fully saturated rings. The van der Waals surface area contributed by atoms with E-state index in [2.05, 4.69) is 22.2 Å². The third-order valence-corrected chi connectivity index (χ3v) is 3.67. The second-order valence-corrected chi connectivity index (χ2v) is 5.35. The van der Waals surface area contributed by atoms with Gasteiger partial charge in [-0.1, -0.05) is 6.92 Å². The lowest BCUT2D eigenvalue weighted by molar-refractivity contribution is 0.00493. The molecule has 1 aromatic rings. The van der Waals surface area contributed by atoms with Gasteiger partial charge in [-0.25, -0.2) is 14.8 Å². The summed E-state index contributed by atoms with van der Waals surface area (Å²) in [6.45, 7) is 2.62. The molecule has 0 aliphatic heterocycles. The molecule has 2 rings (SSSR count). The maximum atomic E-state index is 10.6. The third kappa shape index (κ3) is 3.64. The van der Waals surface area contributed by atoms with Crippen LogP contribution in [0.15, 0.2) is 12.4 Å². The molecule has 0 amide bonds. The summed E-state index contributed by atoms with van der Waals surface area (Å²) in [5.74, 6) is 0.0610. The predicted octanol–water partition coefficient (Wildman–Crippen LogP) is 1.53. The van der Waals surface area contributed by atoms with Gasteiger partial charge in [0, 0.05) is 6.54 Å². The van der Waals surface area contributed by atoms with Crippen LogP contribution in [-0.2, 0) is 0 Å². The SMILES string of the molecule is CC1CCC(O)(CNc2cnc(C(=O)O)cn2)CC1. The maximum absolute atomic E-state index is 10.6. The Hall–Kier alpha value is -1.69. The Morgan fingerprint density at radius 3 is 2.63 bits per heavy atom. The van der Waals surface area contributed by atoms with Crippen LogP contribution in [0.4, 0.5) is 5.82 Å². The van der Waals surface area contributed by atoms with Crippen molar-refractivity contribution in [3.63, 3.8) is 0 Å². The normalized spacial score (nSPS) is 26.9. The van der Waals surface area contributed by atoms with Crippen LogP contribution in [-0.4, -0.2) is 38.3 Å². The highest BCUT2D eigenvalue weighted by Crippen LogP contribution is 2.31. The minimum absolute atomic E-state index is 0.0873. The summed E-state index contributed by atoms with van der Waals surface area (Å²) < 4.78 is 0. The third-order valence-electron chi connectivity index (χ3n) is 3.67. The van der Waals surface area contributed by atoms with E-state index >= 15 is 0 Å². The van der Waals surface area contributed by atoms with E-state index in [0.717, 1.165) is 25.7 Å². The average molecular weight is 265 g/mol. The Morgan fingerprint density at radius 2 is 2.11 bits per heavy atom. The second-order valence-electron chi connectivity index (χ2n) is 5.35. The zero-order valence-electron chi connectivity index (χ0n) is 11.0. The van der Waals surface area contributed by atoms with E-state index in [9.17, 15) is 9.90 Å². The number of nitrogens with zero attached hydrogens (tertiary/aromatic N) is 2. The minimum Gasteiger partial charge on any atom is -0.476 e. The van der Waals surface area contributed by atoms with E-state index in [1.807, 2.05) is 0 Å². The van der Waals surface area contributed by atoms with Crippen LogP contribution < -0.4 is 5.32 Å². The Bertz CT molecular complexity index is 439. The lowest BCUT2D eigenvalue weighted by Crippen LogP contribution is -2.40. The molecule has 104 valence electrons. The first kappa shape index (κ1) is 13.7. The largest absolute Gasteiger partial charge is 0.476 e. The molecule has 19 heavy (non-hydrogen) atoms. The van der Waals surface area contributed by atoms with Crippen LogP contribution in [0, 0.1) is 5.92 Å². The summed E-state index contributed by atoms with van der Waals surface area (Å²) in [5, 5.41) is 22.1. The predicted molar refractivity (Wildman–Crippen MR) is 70.1 cm³/mol. The fraction of sp³-hybridized carbons (Fsp3) is 0.615. The molecule has 6 nitrogen and oxygen atoms in total. The number of carbonyl (C=O) groups is 1. The number of anilines is 1. The second kappa shape index (κ2) is 5.52. The van der Waals surface area contributed by atoms with Crippen LogP contribution in [0.2, 0.25) is 0 Å². The lowest BCUT2D eigenvalue weighted by atomic mass is 9.79. The number of rotatable bonds is 4. The van der Waals surface area contributed by atoms with Gasteiger partial charge in [-0.3, -0.25) is 0 Å². The fourth-order valence-corrected chi connectivity index (χ4v) is 2.26. The molecule has 1 saturated carbocycles. The highest BCUT2D eigenvalue weighted by molar-refractivity contribution is 5.84. The number of aromatic nitrogens is 2. The van der Waals surface area contributed by atoms with Crippen LogP contribution >= 0.6 is 0 Å². The molecule has 0 radical (unpaired) electrons. The van der Waals surface area contributed by atoms with Gasteiger partial charge in [0.2, 0.25) is 0 Å². The maximum Gasteiger partial charge on any atom is 0.356 e. The van der Waals surface area contributed by atoms with Crippen molar-refractivity contribution in [2.75, 3.05) is 11.9 Å². The van der Waals surface area contributed by atoms with E-state index in [-0.39, 0.29) is 5.69 Å². The highest BCUT2D eigenvalue weighted by atomic mass is 16.4. The molecule has 1 aliphatic rings. The summed E-state index contributed by atoms with van der Waals surface area (Å²) in [5.41, 5.74) is -0.782. The first-order chi connectivity index (χ1) is 8.98. The first-order valence-corrected chi connectivity index (χ1v) is 6.50. The van der Waals surface area contributed by atoms with Gasteiger partial charge in [-0.05, 0) is 31.6 Å². The van der Waals surface area contributed by atoms with Gasteiger partial charge >= 0.3 is 5.97 Å². The van der Waals surface area contributed by atoms with Gasteiger partial charge in [0.1, 0.15) is 5.82 Å². The fourth-order valence-electron chi connectivity index (χ4n) is 2.26. The van der Waals surface area contributed by atoms with Crippen molar-refractivity contribution in [1.29, 1.82) is 0 Å². The summed E-state index contributed by atoms with van der Waals surface area (Å²) in [4.78, 5) is 18.4. The standard InChI is InChI=1S/C13H19N3O3/c1-9-2-4-13(19,5-3-9)8-16-11-7-14-10(6-15-11)12(17)18/h6-7,9,19H,2-5,8H2,1H3,(H,15,16)(H,17,18). The van der Waals surface area contributed by atoms with E-state index in [1.54, 1.807) is 0 Å². The number of nitrogens with one attached hydrogen (secondary N) is 1. The van der Waals surface area contributed by atoms with Crippen molar-refractivity contribution in [3.8, 4) is 0 Å². The lowest BCUT2D eigenvalue weighted by Gasteiger charge is -2.35. The zero-order chi connectivity index (χ0) is 13.9. The molecule has 0 aromatic carbocycles. The Kier molecular flexibility index (Phi) is 3.99. The van der Waals surface area contributed by atoms with Crippen molar-refractivity contribution in [1.82, 2.24) is 9.97 Å². The van der Waals surface area contributed by atoms with Crippen LogP contribution in [0.5, 0.6) is 0 Å². The molecule has 0 unspecified atom stereocenters. The average Bonchev–Trinajstić information content (AvgIpc) is 2.41. The van der Waals surface area contributed by atoms with E-state index in [1.165, 1.54) is 12.4 Å². The Labute approximate surface area is 111 Å². The topological polar surface area (TPSA) is 95.3 Å². The number of carboxylic acid groups (broad SMARTS) is 1. The van der Waals surface area contributed by atoms with Crippen LogP contribution in [0.1, 0.15) is 43.1 Å². The Morgan fingerprint density at radius 1 is 1.42 bits per heavy atom. The van der Waals surface area contributed by atoms with Gasteiger partial charge in [0.15, 0.2) is 5.69 Å². The smallest absolute Gasteiger partial charge is 0.356 e. The number of hydrogen-bond acceptors (Lipinski definition) is 5. The zero-order valence-corrected chi connectivity index (χ0v) is 11.0. The van der Waals surface area contributed by atoms with Gasteiger partial charge < -0.3 is 15.5 Å². The molecule has 1 heterocycles. The molecular formula is C13H19N3O3. The first-order valence-electron chi connectivity index (χ1n) is 6.50. The molecule has 3 N–H and O–H groups in total. The minimum atomic E-state index is -1.10. The van der Waals surface area contributed by atoms with E-state index in [0.29, 0.717) is 18.3 Å². The molecule has 0 saturated heterocycles. The van der Waals surface area contributed by atoms with Crippen molar-refractivity contribution in [2.24, 2.45) is 5.92 Å². The monoisotopic (exact) mass is 265 g/mol. The molecule has 0 atom stereocenters. The molecule has 1 aliphatic carbocycles. The summed E-state index contributed by atoms with van der Waals surface area (Å²) in [7, 11) is 0. The molecule has 0 bridgehead atoms.